The highest BCUT2D eigenvalue weighted by Crippen LogP contribution is 2.16. The minimum absolute atomic E-state index is 0.626. The fourth-order valence-corrected chi connectivity index (χ4v) is 2.43. The monoisotopic (exact) mass is 329 g/mol. The Morgan fingerprint density at radius 3 is 2.65 bits per heavy atom. The Morgan fingerprint density at radius 1 is 1.13 bits per heavy atom. The van der Waals surface area contributed by atoms with Gasteiger partial charge < -0.3 is 20.3 Å². The summed E-state index contributed by atoms with van der Waals surface area (Å²) in [5.41, 5.74) is 2.15. The van der Waals surface area contributed by atoms with Gasteiger partial charge in [0.15, 0.2) is 5.11 Å². The molecule has 0 unspecified atom stereocenters. The quantitative estimate of drug-likeness (QED) is 0.600. The molecule has 0 aliphatic carbocycles. The fraction of sp³-hybridized carbons (Fsp3) is 0.278. The van der Waals surface area contributed by atoms with E-state index in [4.69, 9.17) is 17.0 Å². The first-order chi connectivity index (χ1) is 11.2. The van der Waals surface area contributed by atoms with Gasteiger partial charge in [0, 0.05) is 37.6 Å². The third-order valence-electron chi connectivity index (χ3n) is 3.48. The zero-order valence-electron chi connectivity index (χ0n) is 13.6. The van der Waals surface area contributed by atoms with Crippen molar-refractivity contribution in [2.24, 2.45) is 0 Å². The largest absolute Gasteiger partial charge is 0.497 e. The number of anilines is 2. The Hall–Kier alpha value is -2.27. The highest BCUT2D eigenvalue weighted by molar-refractivity contribution is 7.80. The van der Waals surface area contributed by atoms with E-state index in [0.717, 1.165) is 30.9 Å². The van der Waals surface area contributed by atoms with E-state index in [1.807, 2.05) is 30.3 Å². The number of nitrogens with one attached hydrogen (secondary N) is 2. The molecule has 0 saturated carbocycles. The summed E-state index contributed by atoms with van der Waals surface area (Å²) in [4.78, 5) is 2.24. The normalized spacial score (nSPS) is 10.0. The van der Waals surface area contributed by atoms with Crippen LogP contribution in [0.2, 0.25) is 0 Å². The van der Waals surface area contributed by atoms with Gasteiger partial charge in [-0.1, -0.05) is 24.3 Å². The number of rotatable bonds is 7. The summed E-state index contributed by atoms with van der Waals surface area (Å²) in [5, 5.41) is 7.02. The van der Waals surface area contributed by atoms with Crippen molar-refractivity contribution in [2.75, 3.05) is 37.5 Å². The van der Waals surface area contributed by atoms with Crippen LogP contribution in [0, 0.1) is 0 Å². The lowest BCUT2D eigenvalue weighted by Gasteiger charge is -2.19. The molecule has 23 heavy (non-hydrogen) atoms. The summed E-state index contributed by atoms with van der Waals surface area (Å²) >= 11 is 5.31. The predicted octanol–water partition coefficient (Wildman–Crippen LogP) is 3.51. The summed E-state index contributed by atoms with van der Waals surface area (Å²) in [6.45, 7) is 1.80. The van der Waals surface area contributed by atoms with Crippen LogP contribution in [-0.4, -0.2) is 32.4 Å². The zero-order chi connectivity index (χ0) is 16.5. The lowest BCUT2D eigenvalue weighted by atomic mass is 10.3. The molecule has 0 aliphatic rings. The zero-order valence-corrected chi connectivity index (χ0v) is 14.4. The lowest BCUT2D eigenvalue weighted by Crippen LogP contribution is -2.31. The molecule has 2 N–H and O–H groups in total. The number of para-hydroxylation sites is 1. The van der Waals surface area contributed by atoms with Crippen LogP contribution in [-0.2, 0) is 0 Å². The maximum Gasteiger partial charge on any atom is 0.170 e. The molecule has 0 radical (unpaired) electrons. The summed E-state index contributed by atoms with van der Waals surface area (Å²) < 4.78 is 5.19. The number of thiocarbonyl (C=S) groups is 1. The molecule has 5 heteroatoms. The van der Waals surface area contributed by atoms with Crippen LogP contribution < -0.4 is 20.3 Å². The van der Waals surface area contributed by atoms with Crippen LogP contribution in [0.3, 0.4) is 0 Å². The molecular formula is C18H23N3OS. The van der Waals surface area contributed by atoms with Gasteiger partial charge in [-0.05, 0) is 42.9 Å². The first-order valence-electron chi connectivity index (χ1n) is 7.64. The Balaban J connectivity index is 1.68. The van der Waals surface area contributed by atoms with Crippen LogP contribution in [0.4, 0.5) is 11.4 Å². The Bertz CT molecular complexity index is 619. The van der Waals surface area contributed by atoms with Crippen molar-refractivity contribution in [1.82, 2.24) is 5.32 Å². The molecule has 0 aromatic heterocycles. The van der Waals surface area contributed by atoms with Gasteiger partial charge in [0.1, 0.15) is 5.75 Å². The first-order valence-corrected chi connectivity index (χ1v) is 8.05. The second-order valence-corrected chi connectivity index (χ2v) is 5.63. The molecule has 0 heterocycles. The number of methoxy groups -OCH3 is 1. The number of nitrogens with zero attached hydrogens (tertiary/aromatic N) is 1. The average molecular weight is 329 g/mol. The SMILES string of the molecule is COc1cccc(NC(=S)NCCCN(C)c2ccccc2)c1. The van der Waals surface area contributed by atoms with Crippen molar-refractivity contribution in [3.63, 3.8) is 0 Å². The highest BCUT2D eigenvalue weighted by atomic mass is 32.1. The highest BCUT2D eigenvalue weighted by Gasteiger charge is 2.01. The molecule has 0 amide bonds. The molecule has 0 bridgehead atoms. The van der Waals surface area contributed by atoms with Crippen LogP contribution in [0.5, 0.6) is 5.75 Å². The second kappa shape index (κ2) is 9.00. The maximum absolute atomic E-state index is 5.31. The Labute approximate surface area is 143 Å². The van der Waals surface area contributed by atoms with Crippen molar-refractivity contribution < 1.29 is 4.74 Å². The maximum atomic E-state index is 5.31. The molecular weight excluding hydrogens is 306 g/mol. The number of hydrogen-bond acceptors (Lipinski definition) is 3. The minimum Gasteiger partial charge on any atom is -0.497 e. The minimum atomic E-state index is 0.626. The van der Waals surface area contributed by atoms with Crippen LogP contribution in [0.1, 0.15) is 6.42 Å². The second-order valence-electron chi connectivity index (χ2n) is 5.22. The Morgan fingerprint density at radius 2 is 1.91 bits per heavy atom. The number of hydrogen-bond donors (Lipinski definition) is 2. The lowest BCUT2D eigenvalue weighted by molar-refractivity contribution is 0.415. The topological polar surface area (TPSA) is 36.5 Å². The van der Waals surface area contributed by atoms with Crippen molar-refractivity contribution >= 4 is 28.7 Å². The van der Waals surface area contributed by atoms with Crippen LogP contribution in [0.15, 0.2) is 54.6 Å². The van der Waals surface area contributed by atoms with E-state index in [2.05, 4.69) is 46.8 Å². The van der Waals surface area contributed by atoms with E-state index in [1.54, 1.807) is 7.11 Å². The Kier molecular flexibility index (Phi) is 6.69. The third-order valence-corrected chi connectivity index (χ3v) is 3.73. The van der Waals surface area contributed by atoms with Gasteiger partial charge in [0.05, 0.1) is 7.11 Å². The predicted molar refractivity (Wildman–Crippen MR) is 102 cm³/mol. The van der Waals surface area contributed by atoms with E-state index in [-0.39, 0.29) is 0 Å². The van der Waals surface area contributed by atoms with Gasteiger partial charge in [-0.25, -0.2) is 0 Å². The summed E-state index contributed by atoms with van der Waals surface area (Å²) in [6.07, 6.45) is 1.01. The summed E-state index contributed by atoms with van der Waals surface area (Å²) in [7, 11) is 3.75. The van der Waals surface area contributed by atoms with Crippen molar-refractivity contribution in [3.05, 3.63) is 54.6 Å². The molecule has 0 saturated heterocycles. The molecule has 2 aromatic carbocycles. The molecule has 2 rings (SSSR count). The van der Waals surface area contributed by atoms with E-state index in [9.17, 15) is 0 Å². The van der Waals surface area contributed by atoms with Crippen molar-refractivity contribution in [3.8, 4) is 5.75 Å². The van der Waals surface area contributed by atoms with E-state index in [0.29, 0.717) is 5.11 Å². The molecule has 0 spiro atoms. The van der Waals surface area contributed by atoms with Gasteiger partial charge in [0.2, 0.25) is 0 Å². The fourth-order valence-electron chi connectivity index (χ4n) is 2.21. The number of ether oxygens (including phenoxy) is 1. The average Bonchev–Trinajstić information content (AvgIpc) is 2.59. The molecule has 0 fully saturated rings. The van der Waals surface area contributed by atoms with Gasteiger partial charge in [0.25, 0.3) is 0 Å². The van der Waals surface area contributed by atoms with Gasteiger partial charge in [-0.15, -0.1) is 0 Å². The summed E-state index contributed by atoms with van der Waals surface area (Å²) in [6, 6.07) is 18.1. The summed E-state index contributed by atoms with van der Waals surface area (Å²) in [5.74, 6) is 0.808. The molecule has 2 aromatic rings. The van der Waals surface area contributed by atoms with E-state index >= 15 is 0 Å². The number of benzene rings is 2. The standard InChI is InChI=1S/C18H23N3OS/c1-21(16-9-4-3-5-10-16)13-7-12-19-18(23)20-15-8-6-11-17(14-15)22-2/h3-6,8-11,14H,7,12-13H2,1-2H3,(H2,19,20,23). The molecule has 4 nitrogen and oxygen atoms in total. The van der Waals surface area contributed by atoms with Gasteiger partial charge in [-0.2, -0.15) is 0 Å². The first kappa shape index (κ1) is 17.1. The van der Waals surface area contributed by atoms with Crippen molar-refractivity contribution in [2.45, 2.75) is 6.42 Å². The molecule has 0 atom stereocenters. The van der Waals surface area contributed by atoms with E-state index < -0.39 is 0 Å². The van der Waals surface area contributed by atoms with Crippen LogP contribution >= 0.6 is 12.2 Å². The van der Waals surface area contributed by atoms with Crippen molar-refractivity contribution in [1.29, 1.82) is 0 Å². The van der Waals surface area contributed by atoms with Gasteiger partial charge >= 0.3 is 0 Å². The molecule has 122 valence electrons. The van der Waals surface area contributed by atoms with E-state index in [1.165, 1.54) is 5.69 Å². The smallest absolute Gasteiger partial charge is 0.170 e. The molecule has 0 aliphatic heterocycles. The third kappa shape index (κ3) is 5.79. The van der Waals surface area contributed by atoms with Crippen LogP contribution in [0.25, 0.3) is 0 Å². The van der Waals surface area contributed by atoms with Gasteiger partial charge in [-0.3, -0.25) is 0 Å².